The van der Waals surface area contributed by atoms with E-state index in [0.29, 0.717) is 17.9 Å². The maximum absolute atomic E-state index is 12.5. The van der Waals surface area contributed by atoms with Gasteiger partial charge in [-0.05, 0) is 50.4 Å². The van der Waals surface area contributed by atoms with Crippen LogP contribution in [0, 0.1) is 11.8 Å². The highest BCUT2D eigenvalue weighted by Gasteiger charge is 2.52. The Morgan fingerprint density at radius 3 is 2.35 bits per heavy atom. The fraction of sp³-hybridized carbons (Fsp3) is 0.824. The summed E-state index contributed by atoms with van der Waals surface area (Å²) in [4.78, 5) is 38.1. The largest absolute Gasteiger partial charge is 0.353 e. The summed E-state index contributed by atoms with van der Waals surface area (Å²) < 4.78 is 0. The van der Waals surface area contributed by atoms with Gasteiger partial charge in [-0.25, -0.2) is 4.79 Å². The van der Waals surface area contributed by atoms with Crippen molar-refractivity contribution in [3.63, 3.8) is 0 Å². The van der Waals surface area contributed by atoms with Gasteiger partial charge in [-0.2, -0.15) is 0 Å². The summed E-state index contributed by atoms with van der Waals surface area (Å²) in [5.41, 5.74) is -0.669. The van der Waals surface area contributed by atoms with Gasteiger partial charge >= 0.3 is 6.03 Å². The first kappa shape index (κ1) is 15.0. The smallest absolute Gasteiger partial charge is 0.325 e. The van der Waals surface area contributed by atoms with Gasteiger partial charge in [-0.1, -0.05) is 12.8 Å². The third-order valence-electron chi connectivity index (χ3n) is 5.85. The highest BCUT2D eigenvalue weighted by atomic mass is 16.2. The fourth-order valence-corrected chi connectivity index (χ4v) is 4.20. The van der Waals surface area contributed by atoms with E-state index in [1.165, 1.54) is 30.6 Å². The maximum Gasteiger partial charge on any atom is 0.325 e. The first-order valence-electron chi connectivity index (χ1n) is 9.02. The summed E-state index contributed by atoms with van der Waals surface area (Å²) in [6.07, 6.45) is 8.50. The fourth-order valence-electron chi connectivity index (χ4n) is 4.20. The average molecular weight is 319 g/mol. The maximum atomic E-state index is 12.5. The molecule has 3 saturated carbocycles. The summed E-state index contributed by atoms with van der Waals surface area (Å²) in [6, 6.07) is -0.00239. The minimum Gasteiger partial charge on any atom is -0.353 e. The molecule has 4 amide bonds. The van der Waals surface area contributed by atoms with Crippen molar-refractivity contribution in [3.8, 4) is 0 Å². The Morgan fingerprint density at radius 2 is 1.78 bits per heavy atom. The molecule has 0 aromatic carbocycles. The number of nitrogens with zero attached hydrogens (tertiary/aromatic N) is 1. The van der Waals surface area contributed by atoms with Crippen LogP contribution in [0.15, 0.2) is 0 Å². The number of carbonyl (C=O) groups is 3. The second-order valence-corrected chi connectivity index (χ2v) is 7.69. The zero-order chi connectivity index (χ0) is 16.0. The van der Waals surface area contributed by atoms with Crippen molar-refractivity contribution in [2.24, 2.45) is 11.8 Å². The Hall–Kier alpha value is -1.59. The Bertz CT molecular complexity index is 521. The van der Waals surface area contributed by atoms with Crippen molar-refractivity contribution in [2.45, 2.75) is 69.4 Å². The van der Waals surface area contributed by atoms with Crippen LogP contribution in [-0.4, -0.2) is 40.9 Å². The van der Waals surface area contributed by atoms with Gasteiger partial charge < -0.3 is 10.6 Å². The van der Waals surface area contributed by atoms with E-state index < -0.39 is 5.54 Å². The molecule has 1 spiro atoms. The average Bonchev–Trinajstić information content (AvgIpc) is 3.44. The van der Waals surface area contributed by atoms with E-state index in [2.05, 4.69) is 10.6 Å². The number of amides is 4. The summed E-state index contributed by atoms with van der Waals surface area (Å²) in [7, 11) is 0. The Balaban J connectivity index is 1.30. The zero-order valence-electron chi connectivity index (χ0n) is 13.5. The van der Waals surface area contributed by atoms with Crippen LogP contribution in [0.1, 0.15) is 57.8 Å². The van der Waals surface area contributed by atoms with Gasteiger partial charge in [0.05, 0.1) is 0 Å². The van der Waals surface area contributed by atoms with E-state index in [0.717, 1.165) is 25.7 Å². The van der Waals surface area contributed by atoms with Crippen LogP contribution in [-0.2, 0) is 9.59 Å². The highest BCUT2D eigenvalue weighted by Crippen LogP contribution is 2.44. The molecule has 1 saturated heterocycles. The molecule has 3 aliphatic carbocycles. The van der Waals surface area contributed by atoms with Crippen LogP contribution < -0.4 is 10.6 Å². The third kappa shape index (κ3) is 2.83. The van der Waals surface area contributed by atoms with Gasteiger partial charge in [0.25, 0.3) is 5.91 Å². The number of rotatable bonds is 6. The number of carbonyl (C=O) groups excluding carboxylic acids is 3. The van der Waals surface area contributed by atoms with Crippen LogP contribution in [0.2, 0.25) is 0 Å². The molecular weight excluding hydrogens is 294 g/mol. The van der Waals surface area contributed by atoms with Crippen molar-refractivity contribution in [3.05, 3.63) is 0 Å². The molecule has 1 aliphatic heterocycles. The second kappa shape index (κ2) is 5.49. The molecule has 1 heterocycles. The molecule has 4 aliphatic rings. The van der Waals surface area contributed by atoms with Crippen molar-refractivity contribution >= 4 is 17.8 Å². The third-order valence-corrected chi connectivity index (χ3v) is 5.85. The van der Waals surface area contributed by atoms with Gasteiger partial charge in [0.2, 0.25) is 5.91 Å². The molecule has 0 atom stereocenters. The van der Waals surface area contributed by atoms with Gasteiger partial charge in [0, 0.05) is 19.0 Å². The monoisotopic (exact) mass is 319 g/mol. The van der Waals surface area contributed by atoms with E-state index in [1.807, 2.05) is 0 Å². The zero-order valence-corrected chi connectivity index (χ0v) is 13.5. The van der Waals surface area contributed by atoms with Crippen molar-refractivity contribution in [1.82, 2.24) is 15.5 Å². The molecule has 6 heteroatoms. The summed E-state index contributed by atoms with van der Waals surface area (Å²) in [5, 5.41) is 6.00. The van der Waals surface area contributed by atoms with Crippen LogP contribution in [0.5, 0.6) is 0 Å². The van der Waals surface area contributed by atoms with Crippen LogP contribution in [0.4, 0.5) is 4.79 Å². The van der Waals surface area contributed by atoms with E-state index in [-0.39, 0.29) is 30.8 Å². The lowest BCUT2D eigenvalue weighted by atomic mass is 9.98. The lowest BCUT2D eigenvalue weighted by molar-refractivity contribution is -0.131. The minimum atomic E-state index is -0.669. The SMILES string of the molecule is O=C(CCN1C(=O)NC2(CCCC2)C1=O)NC(C1CC1)C1CC1. The molecule has 2 N–H and O–H groups in total. The molecule has 0 bridgehead atoms. The normalized spacial score (nSPS) is 26.2. The molecule has 126 valence electrons. The number of hydrogen-bond acceptors (Lipinski definition) is 3. The first-order chi connectivity index (χ1) is 11.1. The van der Waals surface area contributed by atoms with Crippen LogP contribution in [0.3, 0.4) is 0 Å². The van der Waals surface area contributed by atoms with Crippen molar-refractivity contribution in [1.29, 1.82) is 0 Å². The number of hydrogen-bond donors (Lipinski definition) is 2. The predicted octanol–water partition coefficient (Wildman–Crippen LogP) is 1.55. The van der Waals surface area contributed by atoms with E-state index in [9.17, 15) is 14.4 Å². The van der Waals surface area contributed by atoms with Gasteiger partial charge in [-0.15, -0.1) is 0 Å². The molecule has 0 radical (unpaired) electrons. The number of imide groups is 1. The minimum absolute atomic E-state index is 0.0261. The molecule has 6 nitrogen and oxygen atoms in total. The van der Waals surface area contributed by atoms with Crippen molar-refractivity contribution < 1.29 is 14.4 Å². The van der Waals surface area contributed by atoms with E-state index >= 15 is 0 Å². The van der Waals surface area contributed by atoms with Gasteiger partial charge in [0.15, 0.2) is 0 Å². The predicted molar refractivity (Wildman–Crippen MR) is 83.4 cm³/mol. The second-order valence-electron chi connectivity index (χ2n) is 7.69. The summed E-state index contributed by atoms with van der Waals surface area (Å²) in [6.45, 7) is 0.195. The summed E-state index contributed by atoms with van der Waals surface area (Å²) >= 11 is 0. The van der Waals surface area contributed by atoms with Crippen LogP contribution in [0.25, 0.3) is 0 Å². The molecule has 23 heavy (non-hydrogen) atoms. The van der Waals surface area contributed by atoms with E-state index in [1.54, 1.807) is 0 Å². The topological polar surface area (TPSA) is 78.5 Å². The molecular formula is C17H25N3O3. The molecule has 4 rings (SSSR count). The molecule has 0 unspecified atom stereocenters. The van der Waals surface area contributed by atoms with E-state index in [4.69, 9.17) is 0 Å². The molecule has 4 fully saturated rings. The lowest BCUT2D eigenvalue weighted by Crippen LogP contribution is -2.44. The first-order valence-corrected chi connectivity index (χ1v) is 9.02. The quantitative estimate of drug-likeness (QED) is 0.729. The van der Waals surface area contributed by atoms with Crippen LogP contribution >= 0.6 is 0 Å². The van der Waals surface area contributed by atoms with Gasteiger partial charge in [-0.3, -0.25) is 14.5 Å². The number of urea groups is 1. The lowest BCUT2D eigenvalue weighted by Gasteiger charge is -2.21. The standard InChI is InChI=1S/C17H25N3O3/c21-13(18-14(11-3-4-11)12-5-6-12)7-10-20-15(22)17(19-16(20)23)8-1-2-9-17/h11-12,14H,1-10H2,(H,18,21)(H,19,23). The highest BCUT2D eigenvalue weighted by molar-refractivity contribution is 6.07. The Morgan fingerprint density at radius 1 is 1.17 bits per heavy atom. The Labute approximate surface area is 136 Å². The van der Waals surface area contributed by atoms with Gasteiger partial charge in [0.1, 0.15) is 5.54 Å². The summed E-state index contributed by atoms with van der Waals surface area (Å²) in [5.74, 6) is 1.16. The number of nitrogens with one attached hydrogen (secondary N) is 2. The molecule has 0 aromatic rings. The Kier molecular flexibility index (Phi) is 3.58. The van der Waals surface area contributed by atoms with Crippen molar-refractivity contribution in [2.75, 3.05) is 6.54 Å². The molecule has 0 aromatic heterocycles.